The van der Waals surface area contributed by atoms with E-state index in [2.05, 4.69) is 35.8 Å². The van der Waals surface area contributed by atoms with Crippen molar-refractivity contribution in [3.63, 3.8) is 0 Å². The summed E-state index contributed by atoms with van der Waals surface area (Å²) in [4.78, 5) is 2.85. The summed E-state index contributed by atoms with van der Waals surface area (Å²) < 4.78 is 0. The molecule has 0 aromatic rings. The minimum atomic E-state index is 0.431. The lowest BCUT2D eigenvalue weighted by atomic mass is 9.84. The van der Waals surface area contributed by atoms with Crippen molar-refractivity contribution in [1.29, 1.82) is 0 Å². The van der Waals surface area contributed by atoms with Gasteiger partial charge in [0, 0.05) is 24.7 Å². The van der Waals surface area contributed by atoms with Gasteiger partial charge in [0.15, 0.2) is 0 Å². The molecule has 3 aliphatic rings. The summed E-state index contributed by atoms with van der Waals surface area (Å²) in [6.07, 6.45) is 2.84. The maximum Gasteiger partial charge on any atom is 0.0200 e. The van der Waals surface area contributed by atoms with Crippen molar-refractivity contribution in [3.05, 3.63) is 0 Å². The van der Waals surface area contributed by atoms with Crippen LogP contribution in [-0.4, -0.2) is 47.6 Å². The predicted molar refractivity (Wildman–Crippen MR) is 71.0 cm³/mol. The summed E-state index contributed by atoms with van der Waals surface area (Å²) in [5.41, 5.74) is 0.431. The van der Waals surface area contributed by atoms with E-state index in [-0.39, 0.29) is 0 Å². The van der Waals surface area contributed by atoms with Gasteiger partial charge in [-0.3, -0.25) is 4.90 Å². The van der Waals surface area contributed by atoms with Crippen molar-refractivity contribution >= 4 is 11.8 Å². The third-order valence-corrected chi connectivity index (χ3v) is 6.10. The van der Waals surface area contributed by atoms with E-state index in [9.17, 15) is 0 Å². The van der Waals surface area contributed by atoms with Crippen LogP contribution in [0, 0.1) is 11.8 Å². The summed E-state index contributed by atoms with van der Waals surface area (Å²) in [6, 6.07) is 0.877. The molecule has 2 unspecified atom stereocenters. The molecule has 92 valence electrons. The first-order chi connectivity index (χ1) is 7.69. The molecule has 16 heavy (non-hydrogen) atoms. The molecule has 3 saturated heterocycles. The van der Waals surface area contributed by atoms with Crippen LogP contribution in [-0.2, 0) is 0 Å². The van der Waals surface area contributed by atoms with Crippen LogP contribution < -0.4 is 5.32 Å². The van der Waals surface area contributed by atoms with E-state index in [1.807, 2.05) is 0 Å². The fourth-order valence-electron chi connectivity index (χ4n) is 4.07. The lowest BCUT2D eigenvalue weighted by Crippen LogP contribution is -2.50. The summed E-state index contributed by atoms with van der Waals surface area (Å²) in [5, 5.41) is 3.57. The predicted octanol–water partition coefficient (Wildman–Crippen LogP) is 1.81. The van der Waals surface area contributed by atoms with Crippen LogP contribution in [0.3, 0.4) is 0 Å². The maximum atomic E-state index is 3.57. The Balaban J connectivity index is 1.75. The monoisotopic (exact) mass is 240 g/mol. The first-order valence-electron chi connectivity index (χ1n) is 6.75. The molecule has 3 heterocycles. The summed E-state index contributed by atoms with van der Waals surface area (Å²) >= 11 is 2.14. The lowest BCUT2D eigenvalue weighted by Gasteiger charge is -2.42. The van der Waals surface area contributed by atoms with Gasteiger partial charge in [0.1, 0.15) is 0 Å². The summed E-state index contributed by atoms with van der Waals surface area (Å²) in [7, 11) is 0. The number of hydrogen-bond acceptors (Lipinski definition) is 3. The minimum absolute atomic E-state index is 0.431. The van der Waals surface area contributed by atoms with Gasteiger partial charge in [0.25, 0.3) is 0 Å². The van der Waals surface area contributed by atoms with Crippen LogP contribution in [0.5, 0.6) is 0 Å². The number of nitrogens with zero attached hydrogens (tertiary/aromatic N) is 1. The lowest BCUT2D eigenvalue weighted by molar-refractivity contribution is 0.0838. The van der Waals surface area contributed by atoms with E-state index in [4.69, 9.17) is 0 Å². The third-order valence-electron chi connectivity index (χ3n) is 5.05. The highest BCUT2D eigenvalue weighted by atomic mass is 32.2. The van der Waals surface area contributed by atoms with Gasteiger partial charge in [-0.15, -0.1) is 0 Å². The molecular weight excluding hydrogens is 216 g/mol. The quantitative estimate of drug-likeness (QED) is 0.752. The average Bonchev–Trinajstić information content (AvgIpc) is 2.83. The topological polar surface area (TPSA) is 15.3 Å². The Kier molecular flexibility index (Phi) is 2.97. The summed E-state index contributed by atoms with van der Waals surface area (Å²) in [6.45, 7) is 8.81. The Hall–Kier alpha value is 0.270. The molecule has 0 spiro atoms. The Morgan fingerprint density at radius 2 is 1.94 bits per heavy atom. The molecule has 2 nitrogen and oxygen atoms in total. The minimum Gasteiger partial charge on any atom is -0.316 e. The zero-order valence-electron chi connectivity index (χ0n) is 10.5. The molecule has 0 saturated carbocycles. The number of rotatable bonds is 1. The van der Waals surface area contributed by atoms with Crippen LogP contribution >= 0.6 is 11.8 Å². The van der Waals surface area contributed by atoms with Gasteiger partial charge >= 0.3 is 0 Å². The molecule has 0 aliphatic carbocycles. The molecular formula is C13H24N2S. The number of fused-ring (bicyclic) bond motifs is 1. The molecule has 0 bridgehead atoms. The third kappa shape index (κ3) is 1.72. The molecule has 1 N–H and O–H groups in total. The van der Waals surface area contributed by atoms with Crippen molar-refractivity contribution in [2.45, 2.75) is 38.3 Å². The van der Waals surface area contributed by atoms with Crippen molar-refractivity contribution < 1.29 is 0 Å². The highest BCUT2D eigenvalue weighted by molar-refractivity contribution is 7.99. The number of hydrogen-bond donors (Lipinski definition) is 1. The van der Waals surface area contributed by atoms with Gasteiger partial charge < -0.3 is 5.32 Å². The maximum absolute atomic E-state index is 3.57. The van der Waals surface area contributed by atoms with Crippen LogP contribution in [0.15, 0.2) is 0 Å². The van der Waals surface area contributed by atoms with Gasteiger partial charge in [-0.05, 0) is 56.6 Å². The van der Waals surface area contributed by atoms with Crippen LogP contribution in [0.1, 0.15) is 26.7 Å². The average molecular weight is 240 g/mol. The van der Waals surface area contributed by atoms with Gasteiger partial charge in [0.05, 0.1) is 0 Å². The Bertz CT molecular complexity index is 261. The van der Waals surface area contributed by atoms with Crippen molar-refractivity contribution in [1.82, 2.24) is 10.2 Å². The van der Waals surface area contributed by atoms with E-state index >= 15 is 0 Å². The first-order valence-corrected chi connectivity index (χ1v) is 7.90. The second-order valence-corrected chi connectivity index (χ2v) is 7.40. The zero-order chi connectivity index (χ0) is 11.2. The highest BCUT2D eigenvalue weighted by Crippen LogP contribution is 2.43. The highest BCUT2D eigenvalue weighted by Gasteiger charge is 2.51. The summed E-state index contributed by atoms with van der Waals surface area (Å²) in [5.74, 6) is 4.57. The van der Waals surface area contributed by atoms with Gasteiger partial charge in [-0.1, -0.05) is 0 Å². The second kappa shape index (κ2) is 4.18. The molecule has 2 atom stereocenters. The standard InChI is InChI=1S/C13H24N2S/c1-13(2)12-8-14-7-10(12)9-15(13)11-3-5-16-6-4-11/h10-12,14H,3-9H2,1-2H3. The molecule has 3 heteroatoms. The van der Waals surface area contributed by atoms with Crippen molar-refractivity contribution in [2.75, 3.05) is 31.1 Å². The van der Waals surface area contributed by atoms with E-state index in [0.717, 1.165) is 17.9 Å². The molecule has 0 aromatic heterocycles. The van der Waals surface area contributed by atoms with Gasteiger partial charge in [0.2, 0.25) is 0 Å². The van der Waals surface area contributed by atoms with Crippen LogP contribution in [0.2, 0.25) is 0 Å². The fourth-order valence-corrected chi connectivity index (χ4v) is 5.15. The van der Waals surface area contributed by atoms with E-state index in [1.165, 1.54) is 44.0 Å². The van der Waals surface area contributed by atoms with Gasteiger partial charge in [-0.25, -0.2) is 0 Å². The Labute approximate surface area is 104 Å². The van der Waals surface area contributed by atoms with E-state index in [1.54, 1.807) is 0 Å². The normalized spacial score (nSPS) is 40.1. The number of thioether (sulfide) groups is 1. The van der Waals surface area contributed by atoms with E-state index in [0.29, 0.717) is 5.54 Å². The largest absolute Gasteiger partial charge is 0.316 e. The van der Waals surface area contributed by atoms with Crippen molar-refractivity contribution in [3.8, 4) is 0 Å². The SMILES string of the molecule is CC1(C)C2CNCC2CN1C1CCSCC1. The Morgan fingerprint density at radius 1 is 1.19 bits per heavy atom. The Morgan fingerprint density at radius 3 is 2.62 bits per heavy atom. The first kappa shape index (κ1) is 11.4. The van der Waals surface area contributed by atoms with Crippen LogP contribution in [0.4, 0.5) is 0 Å². The van der Waals surface area contributed by atoms with Crippen molar-refractivity contribution in [2.24, 2.45) is 11.8 Å². The fraction of sp³-hybridized carbons (Fsp3) is 1.00. The zero-order valence-corrected chi connectivity index (χ0v) is 11.4. The molecule has 3 fully saturated rings. The van der Waals surface area contributed by atoms with Crippen LogP contribution in [0.25, 0.3) is 0 Å². The number of nitrogens with one attached hydrogen (secondary N) is 1. The molecule has 0 aromatic carbocycles. The van der Waals surface area contributed by atoms with E-state index < -0.39 is 0 Å². The molecule has 3 aliphatic heterocycles. The molecule has 3 rings (SSSR count). The smallest absolute Gasteiger partial charge is 0.0200 e. The number of likely N-dealkylation sites (tertiary alicyclic amines) is 1. The second-order valence-electron chi connectivity index (χ2n) is 6.17. The van der Waals surface area contributed by atoms with Gasteiger partial charge in [-0.2, -0.15) is 11.8 Å². The molecule has 0 radical (unpaired) electrons. The molecule has 0 amide bonds.